The number of halogens is 3. The van der Waals surface area contributed by atoms with Crippen molar-refractivity contribution in [2.24, 2.45) is 11.3 Å². The zero-order chi connectivity index (χ0) is 14.0. The van der Waals surface area contributed by atoms with Gasteiger partial charge in [-0.25, -0.2) is 0 Å². The van der Waals surface area contributed by atoms with E-state index in [-0.39, 0.29) is 11.2 Å². The van der Waals surface area contributed by atoms with Gasteiger partial charge in [0.25, 0.3) is 0 Å². The van der Waals surface area contributed by atoms with Crippen LogP contribution in [0.2, 0.25) is 0 Å². The van der Waals surface area contributed by atoms with Crippen LogP contribution < -0.4 is 10.1 Å². The molecule has 108 valence electrons. The third kappa shape index (κ3) is 1.68. The molecule has 3 saturated carbocycles. The highest BCUT2D eigenvalue weighted by atomic mass is 19.4. The molecule has 0 radical (unpaired) electrons. The molecule has 1 saturated heterocycles. The molecule has 5 rings (SSSR count). The smallest absolute Gasteiger partial charge is 0.406 e. The summed E-state index contributed by atoms with van der Waals surface area (Å²) in [6.07, 6.45) is -1.01. The molecule has 1 aromatic rings. The fourth-order valence-electron chi connectivity index (χ4n) is 4.34. The minimum Gasteiger partial charge on any atom is -0.406 e. The lowest BCUT2D eigenvalue weighted by molar-refractivity contribution is -0.274. The Balaban J connectivity index is 1.44. The minimum absolute atomic E-state index is 0.134. The van der Waals surface area contributed by atoms with Crippen LogP contribution in [0, 0.1) is 11.3 Å². The van der Waals surface area contributed by atoms with Crippen molar-refractivity contribution in [3.63, 3.8) is 0 Å². The lowest BCUT2D eigenvalue weighted by Gasteiger charge is -2.75. The Bertz CT molecular complexity index is 513. The summed E-state index contributed by atoms with van der Waals surface area (Å²) in [5, 5.41) is 3.32. The van der Waals surface area contributed by atoms with Gasteiger partial charge in [-0.05, 0) is 66.8 Å². The highest BCUT2D eigenvalue weighted by Crippen LogP contribution is 2.76. The average molecular weight is 283 g/mol. The number of hydrogen-bond acceptors (Lipinski definition) is 2. The van der Waals surface area contributed by atoms with Gasteiger partial charge in [-0.15, -0.1) is 13.2 Å². The normalized spacial score (nSPS) is 35.8. The van der Waals surface area contributed by atoms with E-state index in [0.717, 1.165) is 19.0 Å². The fourth-order valence-corrected chi connectivity index (χ4v) is 4.34. The molecule has 4 aliphatic rings. The van der Waals surface area contributed by atoms with E-state index in [2.05, 4.69) is 10.1 Å². The van der Waals surface area contributed by atoms with Gasteiger partial charge in [-0.3, -0.25) is 0 Å². The second-order valence-corrected chi connectivity index (χ2v) is 6.60. The van der Waals surface area contributed by atoms with Gasteiger partial charge in [0, 0.05) is 0 Å². The molecule has 5 heteroatoms. The molecule has 0 unspecified atom stereocenters. The molecule has 20 heavy (non-hydrogen) atoms. The molecule has 4 fully saturated rings. The first-order chi connectivity index (χ1) is 9.41. The lowest BCUT2D eigenvalue weighted by Crippen LogP contribution is -2.72. The van der Waals surface area contributed by atoms with Gasteiger partial charge in [0.2, 0.25) is 0 Å². The summed E-state index contributed by atoms with van der Waals surface area (Å²) in [7, 11) is 0. The van der Waals surface area contributed by atoms with Crippen LogP contribution in [0.3, 0.4) is 0 Å². The predicted molar refractivity (Wildman–Crippen MR) is 67.4 cm³/mol. The van der Waals surface area contributed by atoms with Gasteiger partial charge in [0.15, 0.2) is 0 Å². The zero-order valence-corrected chi connectivity index (χ0v) is 11.0. The summed E-state index contributed by atoms with van der Waals surface area (Å²) >= 11 is 0. The summed E-state index contributed by atoms with van der Waals surface area (Å²) in [5.41, 5.74) is 1.94. The number of nitrogens with one attached hydrogen (secondary N) is 1. The Hall–Kier alpha value is -1.23. The van der Waals surface area contributed by atoms with Crippen LogP contribution in [0.5, 0.6) is 5.75 Å². The first-order valence-electron chi connectivity index (χ1n) is 6.98. The standard InChI is InChI=1S/C15H16F3NO/c16-15(17,18)20-12-3-1-10(2-4-12)13-7-14(8-13,9-13)11-5-19-6-11/h1-4,11,19H,5-9H2. The fraction of sp³-hybridized carbons (Fsp3) is 0.600. The Morgan fingerprint density at radius 2 is 1.65 bits per heavy atom. The second kappa shape index (κ2) is 3.70. The Morgan fingerprint density at radius 1 is 1.05 bits per heavy atom. The van der Waals surface area contributed by atoms with Crippen LogP contribution in [-0.2, 0) is 5.41 Å². The molecule has 1 aromatic carbocycles. The molecule has 1 N–H and O–H groups in total. The van der Waals surface area contributed by atoms with Crippen LogP contribution in [0.25, 0.3) is 0 Å². The van der Waals surface area contributed by atoms with Crippen molar-refractivity contribution in [3.8, 4) is 5.75 Å². The number of benzene rings is 1. The van der Waals surface area contributed by atoms with Crippen molar-refractivity contribution >= 4 is 0 Å². The molecule has 0 amide bonds. The van der Waals surface area contributed by atoms with Gasteiger partial charge in [0.1, 0.15) is 5.75 Å². The summed E-state index contributed by atoms with van der Waals surface area (Å²) in [5.74, 6) is 0.683. The van der Waals surface area contributed by atoms with Crippen molar-refractivity contribution in [1.82, 2.24) is 5.32 Å². The number of hydrogen-bond donors (Lipinski definition) is 1. The molecule has 2 bridgehead atoms. The van der Waals surface area contributed by atoms with Crippen LogP contribution in [0.15, 0.2) is 24.3 Å². The number of alkyl halides is 3. The predicted octanol–water partition coefficient (Wildman–Crippen LogP) is 3.23. The van der Waals surface area contributed by atoms with Crippen LogP contribution >= 0.6 is 0 Å². The second-order valence-electron chi connectivity index (χ2n) is 6.60. The summed E-state index contributed by atoms with van der Waals surface area (Å²) < 4.78 is 40.3. The molecule has 1 heterocycles. The lowest BCUT2D eigenvalue weighted by atomic mass is 9.30. The highest BCUT2D eigenvalue weighted by Gasteiger charge is 2.71. The first kappa shape index (κ1) is 12.5. The van der Waals surface area contributed by atoms with Crippen LogP contribution in [-0.4, -0.2) is 19.5 Å². The maximum atomic E-state index is 12.1. The molecule has 1 aliphatic heterocycles. The highest BCUT2D eigenvalue weighted by molar-refractivity contribution is 5.42. The Kier molecular flexibility index (Phi) is 2.31. The van der Waals surface area contributed by atoms with Crippen LogP contribution in [0.1, 0.15) is 24.8 Å². The van der Waals surface area contributed by atoms with E-state index in [1.54, 1.807) is 12.1 Å². The Labute approximate surface area is 115 Å². The third-order valence-corrected chi connectivity index (χ3v) is 5.42. The van der Waals surface area contributed by atoms with E-state index in [0.29, 0.717) is 5.41 Å². The molecule has 3 aliphatic carbocycles. The van der Waals surface area contributed by atoms with E-state index in [1.807, 2.05) is 0 Å². The maximum absolute atomic E-state index is 12.1. The monoisotopic (exact) mass is 283 g/mol. The quantitative estimate of drug-likeness (QED) is 0.919. The number of ether oxygens (including phenoxy) is 1. The first-order valence-corrected chi connectivity index (χ1v) is 6.98. The molecule has 0 aromatic heterocycles. The van der Waals surface area contributed by atoms with Crippen molar-refractivity contribution < 1.29 is 17.9 Å². The van der Waals surface area contributed by atoms with Gasteiger partial charge in [-0.2, -0.15) is 0 Å². The summed E-state index contributed by atoms with van der Waals surface area (Å²) in [4.78, 5) is 0. The average Bonchev–Trinajstić information content (AvgIpc) is 2.17. The SMILES string of the molecule is FC(F)(F)Oc1ccc(C23CC(C4CNC4)(C2)C3)cc1. The van der Waals surface area contributed by atoms with Gasteiger partial charge in [-0.1, -0.05) is 12.1 Å². The van der Waals surface area contributed by atoms with E-state index in [1.165, 1.54) is 37.0 Å². The van der Waals surface area contributed by atoms with E-state index < -0.39 is 6.36 Å². The molecule has 0 spiro atoms. The van der Waals surface area contributed by atoms with Crippen molar-refractivity contribution in [2.75, 3.05) is 13.1 Å². The Morgan fingerprint density at radius 3 is 2.10 bits per heavy atom. The zero-order valence-electron chi connectivity index (χ0n) is 11.0. The van der Waals surface area contributed by atoms with Crippen molar-refractivity contribution in [1.29, 1.82) is 0 Å². The molecular formula is C15H16F3NO. The third-order valence-electron chi connectivity index (χ3n) is 5.42. The van der Waals surface area contributed by atoms with Crippen molar-refractivity contribution in [2.45, 2.75) is 31.0 Å². The van der Waals surface area contributed by atoms with Gasteiger partial charge >= 0.3 is 6.36 Å². The molecule has 2 nitrogen and oxygen atoms in total. The van der Waals surface area contributed by atoms with Crippen LogP contribution in [0.4, 0.5) is 13.2 Å². The van der Waals surface area contributed by atoms with E-state index >= 15 is 0 Å². The largest absolute Gasteiger partial charge is 0.573 e. The van der Waals surface area contributed by atoms with Gasteiger partial charge in [0.05, 0.1) is 0 Å². The topological polar surface area (TPSA) is 21.3 Å². The molecular weight excluding hydrogens is 267 g/mol. The van der Waals surface area contributed by atoms with Crippen molar-refractivity contribution in [3.05, 3.63) is 29.8 Å². The molecule has 0 atom stereocenters. The van der Waals surface area contributed by atoms with E-state index in [4.69, 9.17) is 0 Å². The summed E-state index contributed by atoms with van der Waals surface area (Å²) in [6, 6.07) is 6.45. The van der Waals surface area contributed by atoms with Gasteiger partial charge < -0.3 is 10.1 Å². The minimum atomic E-state index is -4.61. The van der Waals surface area contributed by atoms with E-state index in [9.17, 15) is 13.2 Å². The maximum Gasteiger partial charge on any atom is 0.573 e. The number of rotatable bonds is 3. The summed E-state index contributed by atoms with van der Waals surface area (Å²) in [6.45, 7) is 2.27.